The summed E-state index contributed by atoms with van der Waals surface area (Å²) in [5, 5.41) is 18.4. The standard InChI is InChI=1S/C27H25FN2O2.C22H26BrNO3/c1-20(21-8-10-22(11-9-21)23-12-14-25(28)15-13-23)30-19-17-27(16-5-18-29,32-26(30)31)24-6-3-2-4-7-24;1-2-20(17-9-11-19(23)12-10-17)24-15-14-22(13-6-16-25,27-21(24)26)18-7-4-3-5-8-18/h2-4,6-15,20H,5,16-17,19H2,1H3;3-5,7-12,20,25H,2,6,13-16H2,1H3. The number of cyclic esters (lactones) is 2. The van der Waals surface area contributed by atoms with Crippen LogP contribution in [0, 0.1) is 17.1 Å². The van der Waals surface area contributed by atoms with Gasteiger partial charge in [0.25, 0.3) is 0 Å². The number of aliphatic hydroxyl groups is 1. The molecule has 0 bridgehead atoms. The molecule has 0 radical (unpaired) electrons. The second-order valence-corrected chi connectivity index (χ2v) is 16.0. The number of nitrogens with zero attached hydrogens (tertiary/aromatic N) is 3. The third-order valence-corrected chi connectivity index (χ3v) is 12.1. The van der Waals surface area contributed by atoms with Crippen LogP contribution in [0.25, 0.3) is 11.1 Å². The number of carbonyl (C=O) groups is 2. The lowest BCUT2D eigenvalue weighted by molar-refractivity contribution is -0.0697. The molecule has 8 nitrogen and oxygen atoms in total. The van der Waals surface area contributed by atoms with Gasteiger partial charge in [0.1, 0.15) is 17.0 Å². The summed E-state index contributed by atoms with van der Waals surface area (Å²) in [5.74, 6) is -0.260. The first-order valence-electron chi connectivity index (χ1n) is 20.3. The molecule has 0 spiro atoms. The van der Waals surface area contributed by atoms with Crippen LogP contribution in [0.15, 0.2) is 138 Å². The Bertz CT molecular complexity index is 2170. The lowest BCUT2D eigenvalue weighted by atomic mass is 9.84. The monoisotopic (exact) mass is 859 g/mol. The van der Waals surface area contributed by atoms with Crippen molar-refractivity contribution in [3.8, 4) is 17.2 Å². The Morgan fingerprint density at radius 1 is 0.729 bits per heavy atom. The highest BCUT2D eigenvalue weighted by atomic mass is 79.9. The lowest BCUT2D eigenvalue weighted by Crippen LogP contribution is -2.49. The van der Waals surface area contributed by atoms with Gasteiger partial charge in [0, 0.05) is 49.9 Å². The molecule has 0 saturated carbocycles. The molecule has 10 heteroatoms. The van der Waals surface area contributed by atoms with Crippen LogP contribution in [-0.4, -0.2) is 46.8 Å². The maximum atomic E-state index is 13.2. The zero-order chi connectivity index (χ0) is 41.8. The first-order chi connectivity index (χ1) is 28.6. The van der Waals surface area contributed by atoms with Crippen molar-refractivity contribution in [1.29, 1.82) is 5.26 Å². The van der Waals surface area contributed by atoms with Gasteiger partial charge >= 0.3 is 12.2 Å². The molecule has 4 unspecified atom stereocenters. The molecular weight excluding hydrogens is 809 g/mol. The van der Waals surface area contributed by atoms with Gasteiger partial charge in [0.05, 0.1) is 18.2 Å². The third kappa shape index (κ3) is 10.2. The fraction of sp³-hybridized carbons (Fsp3) is 0.327. The summed E-state index contributed by atoms with van der Waals surface area (Å²) in [5.41, 5.74) is 4.54. The van der Waals surface area contributed by atoms with Crippen molar-refractivity contribution in [2.75, 3.05) is 19.7 Å². The van der Waals surface area contributed by atoms with Gasteiger partial charge in [-0.3, -0.25) is 0 Å². The molecule has 2 amide bonds. The zero-order valence-corrected chi connectivity index (χ0v) is 35.2. The highest BCUT2D eigenvalue weighted by Gasteiger charge is 2.44. The second kappa shape index (κ2) is 20.0. The number of ether oxygens (including phenoxy) is 2. The summed E-state index contributed by atoms with van der Waals surface area (Å²) in [4.78, 5) is 29.7. The van der Waals surface area contributed by atoms with E-state index in [2.05, 4.69) is 41.1 Å². The van der Waals surface area contributed by atoms with Crippen LogP contribution in [0.1, 0.15) is 93.1 Å². The molecule has 1 N–H and O–H groups in total. The SMILES string of the molecule is CC(c1ccc(-c2ccc(F)cc2)cc1)N1CCC(CCC#N)(c2ccccc2)OC1=O.CCC(c1ccc(Br)cc1)N1CCC(CCCO)(c2ccccc2)OC1=O. The van der Waals surface area contributed by atoms with Crippen molar-refractivity contribution < 1.29 is 28.6 Å². The van der Waals surface area contributed by atoms with Gasteiger partial charge in [-0.2, -0.15) is 5.26 Å². The smallest absolute Gasteiger partial charge is 0.411 e. The van der Waals surface area contributed by atoms with Gasteiger partial charge in [0.15, 0.2) is 0 Å². The predicted octanol–water partition coefficient (Wildman–Crippen LogP) is 12.0. The van der Waals surface area contributed by atoms with E-state index in [1.54, 1.807) is 17.0 Å². The van der Waals surface area contributed by atoms with Gasteiger partial charge in [0.2, 0.25) is 0 Å². The average Bonchev–Trinajstić information content (AvgIpc) is 3.27. The number of hydrogen-bond acceptors (Lipinski definition) is 6. The Morgan fingerprint density at radius 2 is 1.22 bits per heavy atom. The Morgan fingerprint density at radius 3 is 1.71 bits per heavy atom. The molecule has 306 valence electrons. The molecule has 2 heterocycles. The Labute approximate surface area is 355 Å². The number of rotatable bonds is 13. The molecule has 2 fully saturated rings. The van der Waals surface area contributed by atoms with Crippen LogP contribution >= 0.6 is 15.9 Å². The van der Waals surface area contributed by atoms with E-state index in [-0.39, 0.29) is 36.7 Å². The largest absolute Gasteiger partial charge is 0.438 e. The number of halogens is 2. The van der Waals surface area contributed by atoms with E-state index in [1.807, 2.05) is 109 Å². The molecular formula is C49H51BrFN3O5. The van der Waals surface area contributed by atoms with Crippen LogP contribution in [0.2, 0.25) is 0 Å². The molecule has 4 atom stereocenters. The van der Waals surface area contributed by atoms with Crippen molar-refractivity contribution in [3.05, 3.63) is 166 Å². The molecule has 0 aromatic heterocycles. The Balaban J connectivity index is 0.000000201. The highest BCUT2D eigenvalue weighted by Crippen LogP contribution is 2.42. The van der Waals surface area contributed by atoms with Gasteiger partial charge in [-0.15, -0.1) is 0 Å². The first kappa shape index (κ1) is 43.1. The molecule has 2 aliphatic heterocycles. The second-order valence-electron chi connectivity index (χ2n) is 15.1. The molecule has 5 aromatic carbocycles. The first-order valence-corrected chi connectivity index (χ1v) is 21.1. The summed E-state index contributed by atoms with van der Waals surface area (Å²) in [6.45, 7) is 5.34. The van der Waals surface area contributed by atoms with Gasteiger partial charge < -0.3 is 24.4 Å². The lowest BCUT2D eigenvalue weighted by Gasteiger charge is -2.44. The molecule has 2 saturated heterocycles. The van der Waals surface area contributed by atoms with Crippen LogP contribution in [0.5, 0.6) is 0 Å². The van der Waals surface area contributed by atoms with Crippen molar-refractivity contribution in [2.24, 2.45) is 0 Å². The Kier molecular flexibility index (Phi) is 14.6. The predicted molar refractivity (Wildman–Crippen MR) is 230 cm³/mol. The summed E-state index contributed by atoms with van der Waals surface area (Å²) in [6, 6.07) is 44.1. The Hall–Kier alpha value is -5.50. The van der Waals surface area contributed by atoms with Gasteiger partial charge in [-0.05, 0) is 83.8 Å². The number of aliphatic hydroxyl groups excluding tert-OH is 1. The number of carbonyl (C=O) groups excluding carboxylic acids is 2. The minimum atomic E-state index is -0.767. The average molecular weight is 861 g/mol. The maximum Gasteiger partial charge on any atom is 0.411 e. The van der Waals surface area contributed by atoms with E-state index in [4.69, 9.17) is 14.7 Å². The maximum absolute atomic E-state index is 13.2. The fourth-order valence-corrected chi connectivity index (χ4v) is 8.49. The van der Waals surface area contributed by atoms with E-state index >= 15 is 0 Å². The summed E-state index contributed by atoms with van der Waals surface area (Å²) < 4.78 is 26.3. The number of nitriles is 1. The number of amides is 2. The van der Waals surface area contributed by atoms with Crippen molar-refractivity contribution in [3.63, 3.8) is 0 Å². The minimum absolute atomic E-state index is 0.00258. The topological polar surface area (TPSA) is 103 Å². The fourth-order valence-electron chi connectivity index (χ4n) is 8.22. The molecule has 5 aromatic rings. The quantitative estimate of drug-likeness (QED) is 0.126. The van der Waals surface area contributed by atoms with E-state index in [1.165, 1.54) is 12.1 Å². The minimum Gasteiger partial charge on any atom is -0.438 e. The summed E-state index contributed by atoms with van der Waals surface area (Å²) >= 11 is 3.46. The van der Waals surface area contributed by atoms with E-state index in [9.17, 15) is 19.1 Å². The number of hydrogen-bond donors (Lipinski definition) is 1. The van der Waals surface area contributed by atoms with Gasteiger partial charge in [-0.25, -0.2) is 14.0 Å². The van der Waals surface area contributed by atoms with E-state index in [0.29, 0.717) is 45.2 Å². The van der Waals surface area contributed by atoms with Crippen molar-refractivity contribution in [2.45, 2.75) is 82.1 Å². The van der Waals surface area contributed by atoms with Crippen molar-refractivity contribution >= 4 is 28.1 Å². The molecule has 0 aliphatic carbocycles. The molecule has 7 rings (SSSR count). The molecule has 59 heavy (non-hydrogen) atoms. The van der Waals surface area contributed by atoms with Gasteiger partial charge in [-0.1, -0.05) is 132 Å². The van der Waals surface area contributed by atoms with Crippen LogP contribution < -0.4 is 0 Å². The zero-order valence-electron chi connectivity index (χ0n) is 33.6. The van der Waals surface area contributed by atoms with E-state index in [0.717, 1.165) is 50.7 Å². The van der Waals surface area contributed by atoms with Crippen LogP contribution in [-0.2, 0) is 20.7 Å². The summed E-state index contributed by atoms with van der Waals surface area (Å²) in [7, 11) is 0. The van der Waals surface area contributed by atoms with E-state index < -0.39 is 11.2 Å². The van der Waals surface area contributed by atoms with Crippen LogP contribution in [0.3, 0.4) is 0 Å². The van der Waals surface area contributed by atoms with Crippen molar-refractivity contribution in [1.82, 2.24) is 9.80 Å². The third-order valence-electron chi connectivity index (χ3n) is 11.6. The normalized spacial score (nSPS) is 20.0. The number of benzene rings is 5. The molecule has 2 aliphatic rings. The highest BCUT2D eigenvalue weighted by molar-refractivity contribution is 9.10. The van der Waals surface area contributed by atoms with Crippen LogP contribution in [0.4, 0.5) is 14.0 Å². The summed E-state index contributed by atoms with van der Waals surface area (Å²) in [6.07, 6.45) is 3.56.